The van der Waals surface area contributed by atoms with Gasteiger partial charge in [0.25, 0.3) is 0 Å². The Morgan fingerprint density at radius 1 is 1.22 bits per heavy atom. The lowest BCUT2D eigenvalue weighted by Crippen LogP contribution is -2.34. The fourth-order valence-electron chi connectivity index (χ4n) is 3.12. The molecule has 1 aliphatic rings. The lowest BCUT2D eigenvalue weighted by Gasteiger charge is -2.28. The number of ether oxygens (including phenoxy) is 1. The van der Waals surface area contributed by atoms with Crippen LogP contribution >= 0.6 is 12.2 Å². The summed E-state index contributed by atoms with van der Waals surface area (Å²) in [6.45, 7) is 2.08. The molecular weight excluding hydrogens is 304 g/mol. The van der Waals surface area contributed by atoms with E-state index in [9.17, 15) is 0 Å². The lowest BCUT2D eigenvalue weighted by atomic mass is 9.87. The zero-order valence-electron chi connectivity index (χ0n) is 13.6. The second kappa shape index (κ2) is 7.01. The van der Waals surface area contributed by atoms with E-state index in [0.717, 1.165) is 30.7 Å². The van der Waals surface area contributed by atoms with E-state index in [1.807, 2.05) is 18.2 Å². The van der Waals surface area contributed by atoms with Gasteiger partial charge < -0.3 is 15.4 Å². The molecule has 23 heavy (non-hydrogen) atoms. The number of methoxy groups -OCH3 is 1. The van der Waals surface area contributed by atoms with E-state index in [2.05, 4.69) is 41.8 Å². The summed E-state index contributed by atoms with van der Waals surface area (Å²) in [5, 5.41) is 7.41. The third-order valence-electron chi connectivity index (χ3n) is 4.25. The molecular formula is C19H22N2OS. The minimum Gasteiger partial charge on any atom is -0.497 e. The topological polar surface area (TPSA) is 33.3 Å². The molecule has 0 heterocycles. The Morgan fingerprint density at radius 3 is 2.87 bits per heavy atom. The SMILES string of the molecule is COc1ccc2c(c1)CCC[C@@H]2NC(=S)Nc1cccc(C)c1. The first kappa shape index (κ1) is 15.8. The zero-order valence-corrected chi connectivity index (χ0v) is 14.4. The van der Waals surface area contributed by atoms with Crippen LogP contribution in [0.2, 0.25) is 0 Å². The van der Waals surface area contributed by atoms with Gasteiger partial charge >= 0.3 is 0 Å². The summed E-state index contributed by atoms with van der Waals surface area (Å²) < 4.78 is 5.33. The van der Waals surface area contributed by atoms with Gasteiger partial charge in [0.05, 0.1) is 13.2 Å². The Labute approximate surface area is 143 Å². The van der Waals surface area contributed by atoms with Crippen molar-refractivity contribution < 1.29 is 4.74 Å². The largest absolute Gasteiger partial charge is 0.497 e. The van der Waals surface area contributed by atoms with E-state index in [1.165, 1.54) is 16.7 Å². The van der Waals surface area contributed by atoms with Crippen molar-refractivity contribution in [3.63, 3.8) is 0 Å². The summed E-state index contributed by atoms with van der Waals surface area (Å²) in [6.07, 6.45) is 3.35. The van der Waals surface area contributed by atoms with Crippen LogP contribution in [-0.2, 0) is 6.42 Å². The summed E-state index contributed by atoms with van der Waals surface area (Å²) in [4.78, 5) is 0. The first-order chi connectivity index (χ1) is 11.2. The van der Waals surface area contributed by atoms with Crippen LogP contribution in [0.3, 0.4) is 0 Å². The Balaban J connectivity index is 1.70. The van der Waals surface area contributed by atoms with Crippen molar-refractivity contribution in [2.45, 2.75) is 32.2 Å². The van der Waals surface area contributed by atoms with Gasteiger partial charge in [-0.15, -0.1) is 0 Å². The van der Waals surface area contributed by atoms with Crippen LogP contribution in [0.25, 0.3) is 0 Å². The molecule has 0 amide bonds. The van der Waals surface area contributed by atoms with E-state index < -0.39 is 0 Å². The van der Waals surface area contributed by atoms with Crippen LogP contribution in [0.15, 0.2) is 42.5 Å². The van der Waals surface area contributed by atoms with Crippen molar-refractivity contribution in [3.05, 3.63) is 59.2 Å². The van der Waals surface area contributed by atoms with Crippen molar-refractivity contribution in [1.29, 1.82) is 0 Å². The Morgan fingerprint density at radius 2 is 2.09 bits per heavy atom. The fourth-order valence-corrected chi connectivity index (χ4v) is 3.38. The zero-order chi connectivity index (χ0) is 16.2. The van der Waals surface area contributed by atoms with Crippen LogP contribution in [0, 0.1) is 6.92 Å². The number of anilines is 1. The molecule has 3 nitrogen and oxygen atoms in total. The quantitative estimate of drug-likeness (QED) is 0.821. The molecule has 0 saturated heterocycles. The molecule has 1 aliphatic carbocycles. The molecule has 0 saturated carbocycles. The van der Waals surface area contributed by atoms with Gasteiger partial charge in [-0.3, -0.25) is 0 Å². The standard InChI is InChI=1S/C19H22N2OS/c1-13-5-3-7-15(11-13)20-19(23)21-18-8-4-6-14-12-16(22-2)9-10-17(14)18/h3,5,7,9-12,18H,4,6,8H2,1-2H3,(H2,20,21,23)/t18-/m0/s1. The number of rotatable bonds is 3. The second-order valence-electron chi connectivity index (χ2n) is 5.98. The maximum Gasteiger partial charge on any atom is 0.171 e. The van der Waals surface area contributed by atoms with Gasteiger partial charge in [0, 0.05) is 5.69 Å². The number of thiocarbonyl (C=S) groups is 1. The van der Waals surface area contributed by atoms with Crippen molar-refractivity contribution in [2.24, 2.45) is 0 Å². The average molecular weight is 326 g/mol. The molecule has 4 heteroatoms. The van der Waals surface area contributed by atoms with Gasteiger partial charge in [0.2, 0.25) is 0 Å². The molecule has 2 aromatic carbocycles. The van der Waals surface area contributed by atoms with Gasteiger partial charge in [-0.05, 0) is 79.4 Å². The number of hydrogen-bond donors (Lipinski definition) is 2. The molecule has 120 valence electrons. The molecule has 1 atom stereocenters. The molecule has 0 unspecified atom stereocenters. The number of nitrogens with one attached hydrogen (secondary N) is 2. The maximum atomic E-state index is 5.49. The van der Waals surface area contributed by atoms with Crippen molar-refractivity contribution in [3.8, 4) is 5.75 Å². The lowest BCUT2D eigenvalue weighted by molar-refractivity contribution is 0.412. The maximum absolute atomic E-state index is 5.49. The Kier molecular flexibility index (Phi) is 4.82. The third-order valence-corrected chi connectivity index (χ3v) is 4.47. The van der Waals surface area contributed by atoms with Crippen LogP contribution in [-0.4, -0.2) is 12.2 Å². The first-order valence-corrected chi connectivity index (χ1v) is 8.37. The second-order valence-corrected chi connectivity index (χ2v) is 6.39. The predicted molar refractivity (Wildman–Crippen MR) is 99.2 cm³/mol. The van der Waals surface area contributed by atoms with Crippen LogP contribution in [0.4, 0.5) is 5.69 Å². The summed E-state index contributed by atoms with van der Waals surface area (Å²) in [7, 11) is 1.71. The number of aryl methyl sites for hydroxylation is 2. The summed E-state index contributed by atoms with van der Waals surface area (Å²) in [5.74, 6) is 0.921. The van der Waals surface area contributed by atoms with E-state index in [1.54, 1.807) is 7.11 Å². The van der Waals surface area contributed by atoms with Gasteiger partial charge in [-0.1, -0.05) is 18.2 Å². The Bertz CT molecular complexity index is 714. The minimum absolute atomic E-state index is 0.259. The van der Waals surface area contributed by atoms with E-state index in [0.29, 0.717) is 5.11 Å². The van der Waals surface area contributed by atoms with E-state index in [4.69, 9.17) is 17.0 Å². The van der Waals surface area contributed by atoms with Gasteiger partial charge in [-0.25, -0.2) is 0 Å². The molecule has 2 aromatic rings. The highest BCUT2D eigenvalue weighted by atomic mass is 32.1. The highest BCUT2D eigenvalue weighted by Crippen LogP contribution is 2.32. The predicted octanol–water partition coefficient (Wildman–Crippen LogP) is 4.37. The monoisotopic (exact) mass is 326 g/mol. The van der Waals surface area contributed by atoms with Crippen molar-refractivity contribution in [1.82, 2.24) is 5.32 Å². The normalized spacial score (nSPS) is 16.3. The number of hydrogen-bond acceptors (Lipinski definition) is 2. The number of benzene rings is 2. The third kappa shape index (κ3) is 3.82. The molecule has 2 N–H and O–H groups in total. The summed E-state index contributed by atoms with van der Waals surface area (Å²) >= 11 is 5.49. The van der Waals surface area contributed by atoms with Crippen LogP contribution in [0.1, 0.15) is 35.6 Å². The van der Waals surface area contributed by atoms with Crippen molar-refractivity contribution in [2.75, 3.05) is 12.4 Å². The molecule has 0 aliphatic heterocycles. The molecule has 0 fully saturated rings. The summed E-state index contributed by atoms with van der Waals surface area (Å²) in [5.41, 5.74) is 4.91. The molecule has 0 aromatic heterocycles. The average Bonchev–Trinajstić information content (AvgIpc) is 2.54. The highest BCUT2D eigenvalue weighted by molar-refractivity contribution is 7.80. The smallest absolute Gasteiger partial charge is 0.171 e. The van der Waals surface area contributed by atoms with Gasteiger partial charge in [0.15, 0.2) is 5.11 Å². The molecule has 3 rings (SSSR count). The first-order valence-electron chi connectivity index (χ1n) is 7.97. The van der Waals surface area contributed by atoms with Gasteiger partial charge in [-0.2, -0.15) is 0 Å². The van der Waals surface area contributed by atoms with Crippen LogP contribution in [0.5, 0.6) is 5.75 Å². The molecule has 0 bridgehead atoms. The van der Waals surface area contributed by atoms with E-state index >= 15 is 0 Å². The highest BCUT2D eigenvalue weighted by Gasteiger charge is 2.21. The summed E-state index contributed by atoms with van der Waals surface area (Å²) in [6, 6.07) is 14.8. The Hall–Kier alpha value is -2.07. The van der Waals surface area contributed by atoms with E-state index in [-0.39, 0.29) is 6.04 Å². The minimum atomic E-state index is 0.259. The van der Waals surface area contributed by atoms with Crippen LogP contribution < -0.4 is 15.4 Å². The number of fused-ring (bicyclic) bond motifs is 1. The van der Waals surface area contributed by atoms with Gasteiger partial charge in [0.1, 0.15) is 5.75 Å². The fraction of sp³-hybridized carbons (Fsp3) is 0.316. The molecule has 0 radical (unpaired) electrons. The van der Waals surface area contributed by atoms with Crippen molar-refractivity contribution >= 4 is 23.0 Å². The molecule has 0 spiro atoms.